The van der Waals surface area contributed by atoms with E-state index in [-0.39, 0.29) is 6.04 Å². The molecule has 3 rings (SSSR count). The summed E-state index contributed by atoms with van der Waals surface area (Å²) < 4.78 is 4.69. The highest BCUT2D eigenvalue weighted by Gasteiger charge is 2.29. The van der Waals surface area contributed by atoms with Crippen molar-refractivity contribution in [2.45, 2.75) is 6.04 Å². The van der Waals surface area contributed by atoms with E-state index in [9.17, 15) is 4.79 Å². The molecule has 1 N–H and O–H groups in total. The number of ether oxygens (including phenoxy) is 1. The lowest BCUT2D eigenvalue weighted by atomic mass is 10.1. The summed E-state index contributed by atoms with van der Waals surface area (Å²) in [5.74, 6) is 0. The van der Waals surface area contributed by atoms with Crippen LogP contribution in [0.2, 0.25) is 0 Å². The molecule has 0 unspecified atom stereocenters. The van der Waals surface area contributed by atoms with Gasteiger partial charge in [0.2, 0.25) is 0 Å². The number of carbonyl (C=O) groups excluding carboxylic acids is 1. The van der Waals surface area contributed by atoms with Crippen molar-refractivity contribution in [3.63, 3.8) is 0 Å². The van der Waals surface area contributed by atoms with E-state index in [1.165, 1.54) is 18.2 Å². The summed E-state index contributed by atoms with van der Waals surface area (Å²) in [5, 5.41) is 2.88. The predicted octanol–water partition coefficient (Wildman–Crippen LogP) is 3.11. The Hall–Kier alpha value is -2.29. The van der Waals surface area contributed by atoms with Crippen LogP contribution in [0.5, 0.6) is 0 Å². The number of hydrogen-bond acceptors (Lipinski definition) is 2. The Labute approximate surface area is 105 Å². The van der Waals surface area contributed by atoms with Crippen molar-refractivity contribution >= 4 is 6.09 Å². The zero-order chi connectivity index (χ0) is 12.5. The van der Waals surface area contributed by atoms with E-state index in [1.54, 1.807) is 0 Å². The summed E-state index contributed by atoms with van der Waals surface area (Å²) in [6.45, 7) is 0. The number of hydrogen-bond donors (Lipinski definition) is 1. The smallest absolute Gasteiger partial charge is 0.407 e. The zero-order valence-electron chi connectivity index (χ0n) is 10.0. The van der Waals surface area contributed by atoms with E-state index in [4.69, 9.17) is 4.74 Å². The summed E-state index contributed by atoms with van der Waals surface area (Å²) in [7, 11) is 1.38. The van der Waals surface area contributed by atoms with Crippen LogP contribution in [0.25, 0.3) is 11.1 Å². The van der Waals surface area contributed by atoms with Gasteiger partial charge in [-0.2, -0.15) is 0 Å². The lowest BCUT2D eigenvalue weighted by Crippen LogP contribution is -2.27. The van der Waals surface area contributed by atoms with E-state index in [1.807, 2.05) is 36.4 Å². The Kier molecular flexibility index (Phi) is 2.52. The van der Waals surface area contributed by atoms with Gasteiger partial charge in [-0.3, -0.25) is 0 Å². The van der Waals surface area contributed by atoms with Gasteiger partial charge in [-0.25, -0.2) is 4.79 Å². The van der Waals surface area contributed by atoms with Crippen molar-refractivity contribution in [2.24, 2.45) is 0 Å². The third kappa shape index (κ3) is 1.56. The van der Waals surface area contributed by atoms with E-state index >= 15 is 0 Å². The van der Waals surface area contributed by atoms with Gasteiger partial charge < -0.3 is 10.1 Å². The topological polar surface area (TPSA) is 38.3 Å². The minimum absolute atomic E-state index is 0.121. The van der Waals surface area contributed by atoms with Gasteiger partial charge in [-0.05, 0) is 22.3 Å². The Morgan fingerprint density at radius 2 is 1.50 bits per heavy atom. The third-order valence-corrected chi connectivity index (χ3v) is 3.28. The van der Waals surface area contributed by atoms with Crippen molar-refractivity contribution in [1.29, 1.82) is 0 Å². The summed E-state index contributed by atoms with van der Waals surface area (Å²) in [6.07, 6.45) is -0.411. The van der Waals surface area contributed by atoms with Gasteiger partial charge in [-0.15, -0.1) is 0 Å². The maximum Gasteiger partial charge on any atom is 0.407 e. The van der Waals surface area contributed by atoms with Crippen LogP contribution in [0.1, 0.15) is 17.2 Å². The van der Waals surface area contributed by atoms with E-state index in [2.05, 4.69) is 17.4 Å². The molecule has 2 aromatic rings. The molecule has 0 fully saturated rings. The first-order chi connectivity index (χ1) is 8.81. The molecule has 0 atom stereocenters. The highest BCUT2D eigenvalue weighted by molar-refractivity contribution is 5.81. The quantitative estimate of drug-likeness (QED) is 0.830. The van der Waals surface area contributed by atoms with Crippen LogP contribution in [0, 0.1) is 0 Å². The molecule has 0 spiro atoms. The molecule has 3 nitrogen and oxygen atoms in total. The van der Waals surface area contributed by atoms with Crippen LogP contribution in [-0.4, -0.2) is 13.2 Å². The minimum Gasteiger partial charge on any atom is -0.453 e. The maximum atomic E-state index is 11.5. The lowest BCUT2D eigenvalue weighted by molar-refractivity contribution is 0.168. The van der Waals surface area contributed by atoms with E-state index < -0.39 is 6.09 Å². The summed E-state index contributed by atoms with van der Waals surface area (Å²) in [4.78, 5) is 11.5. The number of fused-ring (bicyclic) bond motifs is 3. The molecular formula is C15H13NO2. The van der Waals surface area contributed by atoms with Gasteiger partial charge in [0.15, 0.2) is 0 Å². The van der Waals surface area contributed by atoms with Crippen LogP contribution >= 0.6 is 0 Å². The highest BCUT2D eigenvalue weighted by Crippen LogP contribution is 2.42. The molecule has 0 aliphatic heterocycles. The van der Waals surface area contributed by atoms with Crippen LogP contribution < -0.4 is 5.32 Å². The summed E-state index contributed by atoms with van der Waals surface area (Å²) >= 11 is 0. The predicted molar refractivity (Wildman–Crippen MR) is 69.3 cm³/mol. The fourth-order valence-corrected chi connectivity index (χ4v) is 2.49. The van der Waals surface area contributed by atoms with Crippen LogP contribution in [0.3, 0.4) is 0 Å². The normalized spacial score (nSPS) is 12.7. The summed E-state index contributed by atoms with van der Waals surface area (Å²) in [6, 6.07) is 16.1. The molecule has 3 heteroatoms. The zero-order valence-corrected chi connectivity index (χ0v) is 10.0. The minimum atomic E-state index is -0.411. The van der Waals surface area contributed by atoms with E-state index in [0.717, 1.165) is 11.1 Å². The van der Waals surface area contributed by atoms with Crippen molar-refractivity contribution in [3.05, 3.63) is 59.7 Å². The van der Waals surface area contributed by atoms with Gasteiger partial charge in [0.05, 0.1) is 13.2 Å². The number of methoxy groups -OCH3 is 1. The molecular weight excluding hydrogens is 226 g/mol. The molecule has 18 heavy (non-hydrogen) atoms. The molecule has 0 aromatic heterocycles. The van der Waals surface area contributed by atoms with Gasteiger partial charge in [0.25, 0.3) is 0 Å². The summed E-state index contributed by atoms with van der Waals surface area (Å²) in [5.41, 5.74) is 4.58. The second-order valence-corrected chi connectivity index (χ2v) is 4.24. The molecule has 90 valence electrons. The van der Waals surface area contributed by atoms with Crippen LogP contribution in [-0.2, 0) is 4.74 Å². The van der Waals surface area contributed by atoms with Gasteiger partial charge in [0, 0.05) is 0 Å². The SMILES string of the molecule is COC(=O)NC1c2ccccc2-c2ccccc21. The standard InChI is InChI=1S/C15H13NO2/c1-18-15(17)16-14-12-8-4-2-6-10(12)11-7-3-5-9-13(11)14/h2-9,14H,1H3,(H,16,17). The number of nitrogens with one attached hydrogen (secondary N) is 1. The average Bonchev–Trinajstić information content (AvgIpc) is 2.74. The average molecular weight is 239 g/mol. The number of amides is 1. The Morgan fingerprint density at radius 1 is 1.00 bits per heavy atom. The Bertz CT molecular complexity index is 561. The third-order valence-electron chi connectivity index (χ3n) is 3.28. The van der Waals surface area contributed by atoms with Crippen molar-refractivity contribution < 1.29 is 9.53 Å². The molecule has 1 amide bonds. The molecule has 0 saturated heterocycles. The van der Waals surface area contributed by atoms with Crippen molar-refractivity contribution in [3.8, 4) is 11.1 Å². The molecule has 0 saturated carbocycles. The molecule has 0 radical (unpaired) electrons. The molecule has 2 aromatic carbocycles. The Balaban J connectivity index is 2.12. The first kappa shape index (κ1) is 10.8. The van der Waals surface area contributed by atoms with Crippen LogP contribution in [0.4, 0.5) is 4.79 Å². The lowest BCUT2D eigenvalue weighted by Gasteiger charge is -2.14. The van der Waals surface area contributed by atoms with Gasteiger partial charge >= 0.3 is 6.09 Å². The first-order valence-electron chi connectivity index (χ1n) is 5.84. The number of alkyl carbamates (subject to hydrolysis) is 1. The largest absolute Gasteiger partial charge is 0.453 e. The van der Waals surface area contributed by atoms with Gasteiger partial charge in [-0.1, -0.05) is 48.5 Å². The molecule has 1 aliphatic rings. The molecule has 1 aliphatic carbocycles. The number of benzene rings is 2. The van der Waals surface area contributed by atoms with Crippen LogP contribution in [0.15, 0.2) is 48.5 Å². The fraction of sp³-hybridized carbons (Fsp3) is 0.133. The maximum absolute atomic E-state index is 11.5. The second kappa shape index (κ2) is 4.18. The molecule has 0 heterocycles. The van der Waals surface area contributed by atoms with E-state index in [0.29, 0.717) is 0 Å². The second-order valence-electron chi connectivity index (χ2n) is 4.24. The van der Waals surface area contributed by atoms with Crippen molar-refractivity contribution in [2.75, 3.05) is 7.11 Å². The fourth-order valence-electron chi connectivity index (χ4n) is 2.49. The van der Waals surface area contributed by atoms with Gasteiger partial charge in [0.1, 0.15) is 0 Å². The first-order valence-corrected chi connectivity index (χ1v) is 5.84. The number of rotatable bonds is 1. The monoisotopic (exact) mass is 239 g/mol. The number of carbonyl (C=O) groups is 1. The molecule has 0 bridgehead atoms. The van der Waals surface area contributed by atoms with Crippen molar-refractivity contribution in [1.82, 2.24) is 5.32 Å². The highest BCUT2D eigenvalue weighted by atomic mass is 16.5. The Morgan fingerprint density at radius 3 is 2.00 bits per heavy atom.